The molecule has 18 heteroatoms. The van der Waals surface area contributed by atoms with Gasteiger partial charge in [0.05, 0.1) is 29.4 Å². The fourth-order valence-electron chi connectivity index (χ4n) is 4.59. The molecule has 0 saturated carbocycles. The second kappa shape index (κ2) is 11.3. The van der Waals surface area contributed by atoms with E-state index in [9.17, 15) is 24.0 Å². The fourth-order valence-corrected chi connectivity index (χ4v) is 7.43. The van der Waals surface area contributed by atoms with Gasteiger partial charge in [-0.2, -0.15) is 0 Å². The Kier molecular flexibility index (Phi) is 8.63. The molecule has 1 unspecified atom stereocenters. The number of fused-ring (bicyclic) bond motifs is 1. The van der Waals surface area contributed by atoms with Crippen molar-refractivity contribution in [3.05, 3.63) is 15.0 Å². The molecular weight excluding hydrogens is 611 g/mol. The van der Waals surface area contributed by atoms with E-state index in [1.54, 1.807) is 27.7 Å². The second-order valence-corrected chi connectivity index (χ2v) is 14.6. The molecule has 3 fully saturated rings. The first-order valence-electron chi connectivity index (χ1n) is 12.8. The zero-order valence-corrected chi connectivity index (χ0v) is 26.2. The molecule has 0 spiro atoms. The summed E-state index contributed by atoms with van der Waals surface area (Å²) in [7, 11) is 5.21. The van der Waals surface area contributed by atoms with Crippen LogP contribution in [0.2, 0.25) is 4.34 Å². The summed E-state index contributed by atoms with van der Waals surface area (Å²) in [5.41, 5.74) is -2.62. The third-order valence-corrected chi connectivity index (χ3v) is 9.60. The van der Waals surface area contributed by atoms with Gasteiger partial charge in [-0.1, -0.05) is 28.5 Å². The number of esters is 1. The Labute approximate surface area is 256 Å². The highest BCUT2D eigenvalue weighted by Crippen LogP contribution is 2.53. The monoisotopic (exact) mass is 640 g/mol. The topological polar surface area (TPSA) is 174 Å². The van der Waals surface area contributed by atoms with E-state index in [0.29, 0.717) is 5.01 Å². The third-order valence-electron chi connectivity index (χ3n) is 6.70. The van der Waals surface area contributed by atoms with E-state index in [1.165, 1.54) is 23.6 Å². The number of ketones is 1. The first kappa shape index (κ1) is 32.0. The van der Waals surface area contributed by atoms with Crippen molar-refractivity contribution in [3.8, 4) is 0 Å². The highest BCUT2D eigenvalue weighted by Gasteiger charge is 2.66. The summed E-state index contributed by atoms with van der Waals surface area (Å²) < 4.78 is 10.1. The Morgan fingerprint density at radius 1 is 1.21 bits per heavy atom. The number of thioether (sulfide) groups is 1. The minimum Gasteiger partial charge on any atom is -0.541 e. The number of thiazole rings is 1. The zero-order valence-electron chi connectivity index (χ0n) is 23.8. The van der Waals surface area contributed by atoms with E-state index < -0.39 is 57.0 Å². The normalized spacial score (nSPS) is 24.5. The Hall–Kier alpha value is -2.89. The summed E-state index contributed by atoms with van der Waals surface area (Å²) in [5, 5.41) is 4.84. The lowest BCUT2D eigenvalue weighted by Crippen LogP contribution is -2.60. The smallest absolute Gasteiger partial charge is 0.378 e. The van der Waals surface area contributed by atoms with E-state index in [0.717, 1.165) is 28.1 Å². The molecule has 3 aliphatic rings. The van der Waals surface area contributed by atoms with Crippen molar-refractivity contribution in [2.24, 2.45) is 16.9 Å². The average molecular weight is 641 g/mol. The van der Waals surface area contributed by atoms with Crippen LogP contribution in [0, 0.1) is 12.8 Å². The largest absolute Gasteiger partial charge is 0.541 e. The Morgan fingerprint density at radius 2 is 1.88 bits per heavy atom. The number of oxime groups is 1. The number of rotatable bonds is 9. The van der Waals surface area contributed by atoms with Gasteiger partial charge in [0, 0.05) is 13.0 Å². The predicted molar refractivity (Wildman–Crippen MR) is 153 cm³/mol. The minimum atomic E-state index is -1.63. The molecule has 0 aromatic carbocycles. The molecular formula is C24H30BClN6O8S2. The number of β-lactam (4-membered cyclic amide) rings is 1. The summed E-state index contributed by atoms with van der Waals surface area (Å²) in [4.78, 5) is 75.8. The highest BCUT2D eigenvalue weighted by molar-refractivity contribution is 8.02. The molecule has 3 aliphatic heterocycles. The number of hydrogen-bond donors (Lipinski definition) is 1. The number of nitrogens with zero attached hydrogens (tertiary/aromatic N) is 5. The van der Waals surface area contributed by atoms with Crippen LogP contribution in [0.4, 0.5) is 4.79 Å². The molecule has 3 saturated heterocycles. The lowest BCUT2D eigenvalue weighted by molar-refractivity contribution is -0.179. The van der Waals surface area contributed by atoms with Crippen LogP contribution < -0.4 is 5.84 Å². The first-order valence-corrected chi connectivity index (χ1v) is 14.9. The molecule has 42 heavy (non-hydrogen) atoms. The number of nitrogens with two attached hydrogens (primary N) is 1. The molecule has 226 valence electrons. The molecule has 1 aromatic rings. The van der Waals surface area contributed by atoms with E-state index in [1.807, 2.05) is 0 Å². The minimum absolute atomic E-state index is 0.0404. The number of halogens is 1. The standard InChI is InChI=1S/C24H30BClN6O8S2/c1-11-28-15(16(26)41-11)14(29-40-23(5,6)19(35)38-22(2,3)4)13(33)9-12-17(34)30-10-24(20(36)39-25,42-18(12)30)31-7-8-32(27)21(31)37/h12,18H,7-10,27H2,1-6H3/b29-14+/t12?,18-,24-/m1/s1. The van der Waals surface area contributed by atoms with Gasteiger partial charge in [-0.25, -0.2) is 20.4 Å². The van der Waals surface area contributed by atoms with Crippen molar-refractivity contribution in [3.63, 3.8) is 0 Å². The molecule has 2 N–H and O–H groups in total. The van der Waals surface area contributed by atoms with Crippen LogP contribution in [-0.2, 0) is 33.4 Å². The molecule has 4 rings (SSSR count). The van der Waals surface area contributed by atoms with Crippen LogP contribution in [0.25, 0.3) is 0 Å². The number of hydrazine groups is 1. The van der Waals surface area contributed by atoms with Crippen LogP contribution in [0.3, 0.4) is 0 Å². The van der Waals surface area contributed by atoms with Gasteiger partial charge in [0.2, 0.25) is 16.4 Å². The van der Waals surface area contributed by atoms with E-state index >= 15 is 0 Å². The maximum absolute atomic E-state index is 13.7. The third kappa shape index (κ3) is 5.83. The highest BCUT2D eigenvalue weighted by atomic mass is 35.5. The summed E-state index contributed by atoms with van der Waals surface area (Å²) in [6.45, 7) is 9.73. The average Bonchev–Trinajstić information content (AvgIpc) is 3.54. The van der Waals surface area contributed by atoms with Crippen LogP contribution in [-0.4, -0.2) is 104 Å². The van der Waals surface area contributed by atoms with Gasteiger partial charge in [0.15, 0.2) is 11.5 Å². The maximum atomic E-state index is 13.7. The number of urea groups is 1. The van der Waals surface area contributed by atoms with Gasteiger partial charge in [0.1, 0.15) is 15.6 Å². The number of ether oxygens (including phenoxy) is 1. The Morgan fingerprint density at radius 3 is 2.40 bits per heavy atom. The van der Waals surface area contributed by atoms with Crippen LogP contribution in [0.15, 0.2) is 5.16 Å². The van der Waals surface area contributed by atoms with Crippen molar-refractivity contribution in [1.29, 1.82) is 0 Å². The number of Topliss-reactive ketones (excluding diaryl/α,β-unsaturated/α-hetero) is 1. The van der Waals surface area contributed by atoms with Gasteiger partial charge >= 0.3 is 26.0 Å². The van der Waals surface area contributed by atoms with Gasteiger partial charge < -0.3 is 19.1 Å². The van der Waals surface area contributed by atoms with E-state index in [4.69, 9.17) is 35.1 Å². The van der Waals surface area contributed by atoms with Crippen molar-refractivity contribution in [2.45, 2.75) is 69.4 Å². The van der Waals surface area contributed by atoms with Crippen molar-refractivity contribution < 1.29 is 38.2 Å². The molecule has 3 amide bonds. The molecule has 0 aliphatic carbocycles. The molecule has 14 nitrogen and oxygen atoms in total. The molecule has 4 heterocycles. The van der Waals surface area contributed by atoms with E-state index in [-0.39, 0.29) is 41.8 Å². The summed E-state index contributed by atoms with van der Waals surface area (Å²) in [5.74, 6) is 2.13. The van der Waals surface area contributed by atoms with Crippen molar-refractivity contribution >= 4 is 78.1 Å². The van der Waals surface area contributed by atoms with Crippen molar-refractivity contribution in [2.75, 3.05) is 19.6 Å². The van der Waals surface area contributed by atoms with Gasteiger partial charge in [-0.3, -0.25) is 24.3 Å². The molecule has 0 bridgehead atoms. The second-order valence-electron chi connectivity index (χ2n) is 11.4. The fraction of sp³-hybridized carbons (Fsp3) is 0.625. The first-order chi connectivity index (χ1) is 19.4. The van der Waals surface area contributed by atoms with Gasteiger partial charge in [-0.15, -0.1) is 11.3 Å². The predicted octanol–water partition coefficient (Wildman–Crippen LogP) is 1.37. The van der Waals surface area contributed by atoms with Crippen LogP contribution in [0.5, 0.6) is 0 Å². The maximum Gasteiger partial charge on any atom is 0.378 e. The summed E-state index contributed by atoms with van der Waals surface area (Å²) in [6.07, 6.45) is -0.348. The number of carbonyl (C=O) groups excluding carboxylic acids is 5. The van der Waals surface area contributed by atoms with Crippen LogP contribution in [0.1, 0.15) is 51.7 Å². The number of amides is 3. The number of hydrogen-bond acceptors (Lipinski definition) is 13. The molecule has 3 atom stereocenters. The zero-order chi connectivity index (χ0) is 31.4. The molecule has 2 radical (unpaired) electrons. The van der Waals surface area contributed by atoms with Gasteiger partial charge in [-0.05, 0) is 41.5 Å². The molecule has 1 aromatic heterocycles. The van der Waals surface area contributed by atoms with E-state index in [2.05, 4.69) is 14.8 Å². The Bertz CT molecular complexity index is 1370. The quantitative estimate of drug-likeness (QED) is 0.0785. The SMILES string of the molecule is [B]OC(=O)[C@@]1(N2CCN(N)C2=O)CN2C(=O)C(CC(=O)/C(=N\OC(C)(C)C(=O)OC(C)(C)C)c3nc(C)sc3Cl)[C@H]2S1. The van der Waals surface area contributed by atoms with Crippen molar-refractivity contribution in [1.82, 2.24) is 19.8 Å². The van der Waals surface area contributed by atoms with Crippen LogP contribution >= 0.6 is 34.7 Å². The van der Waals surface area contributed by atoms with Gasteiger partial charge in [0.25, 0.3) is 0 Å². The number of aromatic nitrogens is 1. The summed E-state index contributed by atoms with van der Waals surface area (Å²) in [6, 6.07) is -0.622. The Balaban J connectivity index is 1.58. The number of carbonyl (C=O) groups is 5. The lowest BCUT2D eigenvalue weighted by atomic mass is 9.90. The number of aryl methyl sites for hydroxylation is 1. The summed E-state index contributed by atoms with van der Waals surface area (Å²) >= 11 is 8.46. The lowest BCUT2D eigenvalue weighted by Gasteiger charge is -2.40.